The zero-order valence-electron chi connectivity index (χ0n) is 21.6. The van der Waals surface area contributed by atoms with Crippen molar-refractivity contribution in [2.75, 3.05) is 33.4 Å². The average Bonchev–Trinajstić information content (AvgIpc) is 2.77. The summed E-state index contributed by atoms with van der Waals surface area (Å²) in [5.74, 6) is 0.694. The third-order valence-electron chi connectivity index (χ3n) is 6.94. The van der Waals surface area contributed by atoms with Crippen molar-refractivity contribution in [2.45, 2.75) is 90.0 Å². The first kappa shape index (κ1) is 25.5. The second-order valence-electron chi connectivity index (χ2n) is 11.6. The molecule has 184 valence electrons. The van der Waals surface area contributed by atoms with Crippen LogP contribution in [-0.2, 0) is 20.4 Å². The third-order valence-corrected chi connectivity index (χ3v) is 6.94. The molecule has 0 atom stereocenters. The van der Waals surface area contributed by atoms with Crippen LogP contribution < -0.4 is 10.1 Å². The van der Waals surface area contributed by atoms with Gasteiger partial charge in [0.2, 0.25) is 5.91 Å². The molecule has 2 fully saturated rings. The van der Waals surface area contributed by atoms with Crippen LogP contribution in [0.15, 0.2) is 12.1 Å². The molecular weight excluding hydrogens is 416 g/mol. The van der Waals surface area contributed by atoms with E-state index in [1.165, 1.54) is 0 Å². The maximum atomic E-state index is 13.7. The van der Waals surface area contributed by atoms with Crippen molar-refractivity contribution in [3.63, 3.8) is 0 Å². The zero-order valence-corrected chi connectivity index (χ0v) is 21.6. The van der Waals surface area contributed by atoms with Crippen LogP contribution in [0.3, 0.4) is 0 Å². The number of nitrogens with one attached hydrogen (secondary N) is 1. The van der Waals surface area contributed by atoms with Gasteiger partial charge >= 0.3 is 0 Å². The largest absolute Gasteiger partial charge is 0.496 e. The summed E-state index contributed by atoms with van der Waals surface area (Å²) >= 11 is 0. The summed E-state index contributed by atoms with van der Waals surface area (Å²) in [4.78, 5) is 29.2. The molecule has 0 bridgehead atoms. The van der Waals surface area contributed by atoms with E-state index < -0.39 is 5.54 Å². The SMILES string of the molecule is COc1c(C(C)(C)C)cc(C(=O)NC2(C(=O)N3CCOCC3)CCCCC2)cc1C(C)(C)C. The highest BCUT2D eigenvalue weighted by molar-refractivity contribution is 6.00. The van der Waals surface area contributed by atoms with Crippen molar-refractivity contribution in [1.82, 2.24) is 10.2 Å². The Kier molecular flexibility index (Phi) is 7.47. The maximum Gasteiger partial charge on any atom is 0.252 e. The van der Waals surface area contributed by atoms with Gasteiger partial charge in [-0.3, -0.25) is 9.59 Å². The number of hydrogen-bond donors (Lipinski definition) is 1. The highest BCUT2D eigenvalue weighted by atomic mass is 16.5. The summed E-state index contributed by atoms with van der Waals surface area (Å²) in [5.41, 5.74) is 1.35. The normalized spacial score (nSPS) is 19.2. The van der Waals surface area contributed by atoms with Crippen molar-refractivity contribution in [3.8, 4) is 5.75 Å². The Morgan fingerprint density at radius 1 is 0.939 bits per heavy atom. The Hall–Kier alpha value is -2.08. The first-order valence-corrected chi connectivity index (χ1v) is 12.3. The van der Waals surface area contributed by atoms with E-state index in [1.807, 2.05) is 17.0 Å². The number of methoxy groups -OCH3 is 1. The molecule has 1 N–H and O–H groups in total. The highest BCUT2D eigenvalue weighted by Gasteiger charge is 2.44. The van der Waals surface area contributed by atoms with Crippen LogP contribution in [0.5, 0.6) is 5.75 Å². The Labute approximate surface area is 199 Å². The summed E-state index contributed by atoms with van der Waals surface area (Å²) in [6.07, 6.45) is 4.35. The van der Waals surface area contributed by atoms with E-state index in [9.17, 15) is 9.59 Å². The average molecular weight is 459 g/mol. The van der Waals surface area contributed by atoms with Gasteiger partial charge in [-0.1, -0.05) is 60.8 Å². The fourth-order valence-corrected chi connectivity index (χ4v) is 5.00. The van der Waals surface area contributed by atoms with Crippen molar-refractivity contribution in [1.29, 1.82) is 0 Å². The Morgan fingerprint density at radius 3 is 1.91 bits per heavy atom. The smallest absolute Gasteiger partial charge is 0.252 e. The second-order valence-corrected chi connectivity index (χ2v) is 11.6. The summed E-state index contributed by atoms with van der Waals surface area (Å²) < 4.78 is 11.3. The number of benzene rings is 1. The molecule has 0 aromatic heterocycles. The Balaban J connectivity index is 2.01. The van der Waals surface area contributed by atoms with E-state index in [-0.39, 0.29) is 22.6 Å². The lowest BCUT2D eigenvalue weighted by Crippen LogP contribution is -2.62. The number of morpholine rings is 1. The van der Waals surface area contributed by atoms with E-state index in [0.29, 0.717) is 44.7 Å². The van der Waals surface area contributed by atoms with E-state index in [4.69, 9.17) is 9.47 Å². The molecular formula is C27H42N2O4. The first-order valence-electron chi connectivity index (χ1n) is 12.3. The van der Waals surface area contributed by atoms with E-state index in [2.05, 4.69) is 46.9 Å². The lowest BCUT2D eigenvalue weighted by molar-refractivity contribution is -0.143. The first-order chi connectivity index (χ1) is 15.4. The van der Waals surface area contributed by atoms with Crippen molar-refractivity contribution in [3.05, 3.63) is 28.8 Å². The van der Waals surface area contributed by atoms with Crippen molar-refractivity contribution < 1.29 is 19.1 Å². The molecule has 0 spiro atoms. The second kappa shape index (κ2) is 9.65. The molecule has 1 aliphatic heterocycles. The lowest BCUT2D eigenvalue weighted by Gasteiger charge is -2.41. The minimum atomic E-state index is -0.837. The van der Waals surface area contributed by atoms with E-state index >= 15 is 0 Å². The van der Waals surface area contributed by atoms with Gasteiger partial charge in [-0.25, -0.2) is 0 Å². The van der Waals surface area contributed by atoms with Gasteiger partial charge in [-0.2, -0.15) is 0 Å². The molecule has 0 unspecified atom stereocenters. The zero-order chi connectivity index (χ0) is 24.4. The van der Waals surface area contributed by atoms with Crippen LogP contribution in [0.4, 0.5) is 0 Å². The molecule has 3 rings (SSSR count). The van der Waals surface area contributed by atoms with Crippen LogP contribution in [0.1, 0.15) is 95.1 Å². The minimum Gasteiger partial charge on any atom is -0.496 e. The molecule has 6 heteroatoms. The number of hydrogen-bond acceptors (Lipinski definition) is 4. The quantitative estimate of drug-likeness (QED) is 0.717. The fraction of sp³-hybridized carbons (Fsp3) is 0.704. The molecule has 2 aliphatic rings. The molecule has 1 saturated carbocycles. The summed E-state index contributed by atoms with van der Waals surface area (Å²) in [6, 6.07) is 3.89. The van der Waals surface area contributed by atoms with Gasteiger partial charge in [0.25, 0.3) is 5.91 Å². The Morgan fingerprint density at radius 2 is 1.45 bits per heavy atom. The predicted molar refractivity (Wildman–Crippen MR) is 131 cm³/mol. The van der Waals surface area contributed by atoms with Gasteiger partial charge in [0.1, 0.15) is 11.3 Å². The lowest BCUT2D eigenvalue weighted by atomic mass is 9.77. The van der Waals surface area contributed by atoms with Crippen molar-refractivity contribution >= 4 is 11.8 Å². The molecule has 0 radical (unpaired) electrons. The summed E-state index contributed by atoms with van der Waals surface area (Å²) in [5, 5.41) is 3.23. The molecule has 33 heavy (non-hydrogen) atoms. The van der Waals surface area contributed by atoms with Crippen LogP contribution in [0, 0.1) is 0 Å². The summed E-state index contributed by atoms with van der Waals surface area (Å²) in [6.45, 7) is 15.0. The van der Waals surface area contributed by atoms with Crippen LogP contribution in [-0.4, -0.2) is 55.7 Å². The molecule has 1 heterocycles. The molecule has 1 aromatic carbocycles. The highest BCUT2D eigenvalue weighted by Crippen LogP contribution is 2.41. The van der Waals surface area contributed by atoms with Gasteiger partial charge < -0.3 is 19.7 Å². The fourth-order valence-electron chi connectivity index (χ4n) is 5.00. The van der Waals surface area contributed by atoms with Crippen LogP contribution in [0.2, 0.25) is 0 Å². The van der Waals surface area contributed by atoms with Crippen LogP contribution >= 0.6 is 0 Å². The van der Waals surface area contributed by atoms with Gasteiger partial charge in [0.15, 0.2) is 0 Å². The van der Waals surface area contributed by atoms with Crippen LogP contribution in [0.25, 0.3) is 0 Å². The van der Waals surface area contributed by atoms with Gasteiger partial charge in [-0.15, -0.1) is 0 Å². The molecule has 1 saturated heterocycles. The van der Waals surface area contributed by atoms with E-state index in [0.717, 1.165) is 36.1 Å². The number of carbonyl (C=O) groups excluding carboxylic acids is 2. The van der Waals surface area contributed by atoms with E-state index in [1.54, 1.807) is 7.11 Å². The standard InChI is InChI=1S/C27H42N2O4/c1-25(2,3)20-17-19(18-21(22(20)32-7)26(4,5)6)23(30)28-27(11-9-8-10-12-27)24(31)29-13-15-33-16-14-29/h17-18H,8-16H2,1-7H3,(H,28,30). The topological polar surface area (TPSA) is 67.9 Å². The number of amides is 2. The molecule has 6 nitrogen and oxygen atoms in total. The molecule has 1 aromatic rings. The molecule has 1 aliphatic carbocycles. The third kappa shape index (κ3) is 5.53. The van der Waals surface area contributed by atoms with Crippen molar-refractivity contribution in [2.24, 2.45) is 0 Å². The number of ether oxygens (including phenoxy) is 2. The van der Waals surface area contributed by atoms with Gasteiger partial charge in [-0.05, 0) is 35.8 Å². The Bertz CT molecular complexity index is 832. The minimum absolute atomic E-state index is 0.0412. The maximum absolute atomic E-state index is 13.7. The summed E-state index contributed by atoms with van der Waals surface area (Å²) in [7, 11) is 1.69. The molecule has 2 amide bonds. The van der Waals surface area contributed by atoms with Gasteiger partial charge in [0, 0.05) is 29.8 Å². The predicted octanol–water partition coefficient (Wildman–Crippen LogP) is 4.58. The number of rotatable bonds is 4. The number of nitrogens with zero attached hydrogens (tertiary/aromatic N) is 1. The number of carbonyl (C=O) groups is 2. The van der Waals surface area contributed by atoms with Gasteiger partial charge in [0.05, 0.1) is 20.3 Å². The monoisotopic (exact) mass is 458 g/mol.